The molecule has 8 heteroatoms. The maximum atomic E-state index is 6.15. The first-order valence-corrected chi connectivity index (χ1v) is 10.6. The van der Waals surface area contributed by atoms with Gasteiger partial charge in [-0.2, -0.15) is 0 Å². The number of aromatic amines is 1. The molecule has 1 aromatic heterocycles. The molecular formula is C21H33ClIN5O. The molecule has 1 aliphatic heterocycles. The summed E-state index contributed by atoms with van der Waals surface area (Å²) in [6.07, 6.45) is 5.21. The summed E-state index contributed by atoms with van der Waals surface area (Å²) in [6, 6.07) is 6.43. The second kappa shape index (κ2) is 12.6. The molecule has 3 N–H and O–H groups in total. The number of hydrogen-bond donors (Lipinski definition) is 3. The topological polar surface area (TPSA) is 64.7 Å². The number of fused-ring (bicyclic) bond motifs is 1. The summed E-state index contributed by atoms with van der Waals surface area (Å²) in [6.45, 7) is 7.75. The minimum atomic E-state index is 0. The van der Waals surface area contributed by atoms with E-state index < -0.39 is 0 Å². The standard InChI is InChI=1S/C21H32ClN5O.HI/c1-3-23-21(26-18-7-10-27(11-8-18)12-13-28-2)24-9-6-16-15-25-20-5-4-17(22)14-19(16)20;/h4-5,14-15,18,25H,3,6-13H2,1-2H3,(H2,23,24,26);1H. The number of methoxy groups -OCH3 is 1. The predicted molar refractivity (Wildman–Crippen MR) is 133 cm³/mol. The predicted octanol–water partition coefficient (Wildman–Crippen LogP) is 3.65. The Bertz CT molecular complexity index is 774. The Hall–Kier alpha value is -1.03. The highest BCUT2D eigenvalue weighted by molar-refractivity contribution is 14.0. The fraction of sp³-hybridized carbons (Fsp3) is 0.571. The van der Waals surface area contributed by atoms with Gasteiger partial charge in [0.05, 0.1) is 6.61 Å². The monoisotopic (exact) mass is 533 g/mol. The van der Waals surface area contributed by atoms with Gasteiger partial charge in [-0.15, -0.1) is 24.0 Å². The Balaban J connectivity index is 0.00000300. The van der Waals surface area contributed by atoms with Gasteiger partial charge in [-0.3, -0.25) is 4.99 Å². The van der Waals surface area contributed by atoms with Gasteiger partial charge in [-0.05, 0) is 49.9 Å². The van der Waals surface area contributed by atoms with Gasteiger partial charge in [0.15, 0.2) is 5.96 Å². The van der Waals surface area contributed by atoms with Gasteiger partial charge >= 0.3 is 0 Å². The molecule has 0 saturated carbocycles. The van der Waals surface area contributed by atoms with E-state index in [-0.39, 0.29) is 24.0 Å². The summed E-state index contributed by atoms with van der Waals surface area (Å²) in [5.74, 6) is 0.913. The van der Waals surface area contributed by atoms with Gasteiger partial charge in [0.25, 0.3) is 0 Å². The van der Waals surface area contributed by atoms with Crippen molar-refractivity contribution in [2.75, 3.05) is 46.4 Å². The molecule has 2 heterocycles. The van der Waals surface area contributed by atoms with Crippen LogP contribution in [-0.4, -0.2) is 68.3 Å². The van der Waals surface area contributed by atoms with Crippen LogP contribution in [0.25, 0.3) is 10.9 Å². The fourth-order valence-corrected chi connectivity index (χ4v) is 3.85. The summed E-state index contributed by atoms with van der Waals surface area (Å²) in [7, 11) is 1.76. The van der Waals surface area contributed by atoms with E-state index in [4.69, 9.17) is 21.3 Å². The number of benzene rings is 1. The van der Waals surface area contributed by atoms with Crippen LogP contribution in [-0.2, 0) is 11.2 Å². The molecule has 6 nitrogen and oxygen atoms in total. The number of piperidine rings is 1. The molecule has 0 aliphatic carbocycles. The Morgan fingerprint density at radius 3 is 2.86 bits per heavy atom. The maximum Gasteiger partial charge on any atom is 0.191 e. The minimum absolute atomic E-state index is 0. The number of hydrogen-bond acceptors (Lipinski definition) is 3. The second-order valence-electron chi connectivity index (χ2n) is 7.27. The molecule has 29 heavy (non-hydrogen) atoms. The first kappa shape index (κ1) is 24.2. The van der Waals surface area contributed by atoms with Crippen molar-refractivity contribution >= 4 is 52.4 Å². The number of guanidine groups is 1. The number of nitrogens with one attached hydrogen (secondary N) is 3. The van der Waals surface area contributed by atoms with Crippen LogP contribution in [0.2, 0.25) is 5.02 Å². The average molecular weight is 534 g/mol. The third-order valence-electron chi connectivity index (χ3n) is 5.26. The summed E-state index contributed by atoms with van der Waals surface area (Å²) in [5.41, 5.74) is 2.37. The SMILES string of the molecule is CCNC(=NCCc1c[nH]c2ccc(Cl)cc12)NC1CCN(CCOC)CC1.I. The molecule has 0 atom stereocenters. The molecule has 1 aromatic carbocycles. The largest absolute Gasteiger partial charge is 0.383 e. The van der Waals surface area contributed by atoms with Crippen LogP contribution in [0.4, 0.5) is 0 Å². The third kappa shape index (κ3) is 7.31. The van der Waals surface area contributed by atoms with E-state index in [1.807, 2.05) is 18.2 Å². The lowest BCUT2D eigenvalue weighted by atomic mass is 10.1. The number of ether oxygens (including phenoxy) is 1. The molecule has 2 aromatic rings. The van der Waals surface area contributed by atoms with Gasteiger partial charge < -0.3 is 25.3 Å². The van der Waals surface area contributed by atoms with Crippen LogP contribution < -0.4 is 10.6 Å². The van der Waals surface area contributed by atoms with Crippen LogP contribution in [0.3, 0.4) is 0 Å². The number of aliphatic imine (C=N–C) groups is 1. The Labute approximate surface area is 195 Å². The van der Waals surface area contributed by atoms with Crippen LogP contribution in [0.15, 0.2) is 29.4 Å². The lowest BCUT2D eigenvalue weighted by Gasteiger charge is -2.32. The van der Waals surface area contributed by atoms with Crippen molar-refractivity contribution in [3.05, 3.63) is 35.0 Å². The van der Waals surface area contributed by atoms with Gasteiger partial charge in [0.1, 0.15) is 0 Å². The van der Waals surface area contributed by atoms with E-state index in [1.165, 1.54) is 10.9 Å². The van der Waals surface area contributed by atoms with Crippen molar-refractivity contribution in [2.45, 2.75) is 32.2 Å². The highest BCUT2D eigenvalue weighted by atomic mass is 127. The lowest BCUT2D eigenvalue weighted by molar-refractivity contribution is 0.128. The molecule has 0 unspecified atom stereocenters. The normalized spacial score (nSPS) is 16.0. The van der Waals surface area contributed by atoms with E-state index in [0.29, 0.717) is 6.04 Å². The third-order valence-corrected chi connectivity index (χ3v) is 5.50. The van der Waals surface area contributed by atoms with Crippen LogP contribution in [0.1, 0.15) is 25.3 Å². The fourth-order valence-electron chi connectivity index (χ4n) is 3.68. The molecule has 1 fully saturated rings. The lowest BCUT2D eigenvalue weighted by Crippen LogP contribution is -2.49. The van der Waals surface area contributed by atoms with Crippen molar-refractivity contribution in [3.8, 4) is 0 Å². The van der Waals surface area contributed by atoms with Crippen LogP contribution >= 0.6 is 35.6 Å². The molecule has 3 rings (SSSR count). The quantitative estimate of drug-likeness (QED) is 0.275. The summed E-state index contributed by atoms with van der Waals surface area (Å²) >= 11 is 6.15. The van der Waals surface area contributed by atoms with Crippen molar-refractivity contribution in [1.29, 1.82) is 0 Å². The molecule has 162 valence electrons. The highest BCUT2D eigenvalue weighted by Gasteiger charge is 2.19. The zero-order chi connectivity index (χ0) is 19.8. The van der Waals surface area contributed by atoms with Crippen molar-refractivity contribution in [2.24, 2.45) is 4.99 Å². The van der Waals surface area contributed by atoms with Gasteiger partial charge in [-0.1, -0.05) is 11.6 Å². The summed E-state index contributed by atoms with van der Waals surface area (Å²) in [5, 5.41) is 8.94. The zero-order valence-electron chi connectivity index (χ0n) is 17.3. The minimum Gasteiger partial charge on any atom is -0.383 e. The Kier molecular flexibility index (Phi) is 10.5. The van der Waals surface area contributed by atoms with E-state index >= 15 is 0 Å². The van der Waals surface area contributed by atoms with E-state index in [1.54, 1.807) is 7.11 Å². The first-order valence-electron chi connectivity index (χ1n) is 10.2. The number of nitrogens with zero attached hydrogens (tertiary/aromatic N) is 2. The molecule has 1 saturated heterocycles. The Morgan fingerprint density at radius 2 is 2.14 bits per heavy atom. The smallest absolute Gasteiger partial charge is 0.191 e. The van der Waals surface area contributed by atoms with Crippen LogP contribution in [0.5, 0.6) is 0 Å². The second-order valence-corrected chi connectivity index (χ2v) is 7.70. The molecule has 0 bridgehead atoms. The molecule has 1 aliphatic rings. The molecular weight excluding hydrogens is 501 g/mol. The van der Waals surface area contributed by atoms with Crippen LogP contribution in [0, 0.1) is 0 Å². The number of aromatic nitrogens is 1. The number of rotatable bonds is 8. The van der Waals surface area contributed by atoms with Gasteiger partial charge in [0, 0.05) is 68.0 Å². The molecule has 0 spiro atoms. The van der Waals surface area contributed by atoms with E-state index in [9.17, 15) is 0 Å². The average Bonchev–Trinajstić information content (AvgIpc) is 3.09. The maximum absolute atomic E-state index is 6.15. The molecule has 0 radical (unpaired) electrons. The van der Waals surface area contributed by atoms with Crippen molar-refractivity contribution in [3.63, 3.8) is 0 Å². The molecule has 0 amide bonds. The summed E-state index contributed by atoms with van der Waals surface area (Å²) in [4.78, 5) is 10.6. The summed E-state index contributed by atoms with van der Waals surface area (Å²) < 4.78 is 5.18. The van der Waals surface area contributed by atoms with Crippen molar-refractivity contribution < 1.29 is 4.74 Å². The van der Waals surface area contributed by atoms with E-state index in [0.717, 1.165) is 75.1 Å². The number of halogens is 2. The highest BCUT2D eigenvalue weighted by Crippen LogP contribution is 2.22. The first-order chi connectivity index (χ1) is 13.7. The Morgan fingerprint density at radius 1 is 1.34 bits per heavy atom. The van der Waals surface area contributed by atoms with E-state index in [2.05, 4.69) is 33.6 Å². The van der Waals surface area contributed by atoms with Gasteiger partial charge in [-0.25, -0.2) is 0 Å². The van der Waals surface area contributed by atoms with Gasteiger partial charge in [0.2, 0.25) is 0 Å². The zero-order valence-corrected chi connectivity index (χ0v) is 20.4. The van der Waals surface area contributed by atoms with Crippen molar-refractivity contribution in [1.82, 2.24) is 20.5 Å². The number of likely N-dealkylation sites (tertiary alicyclic amines) is 1. The number of H-pyrrole nitrogens is 1.